The molecule has 6 heteroatoms. The molecule has 0 saturated heterocycles. The molecule has 0 fully saturated rings. The number of ether oxygens (including phenoxy) is 1. The first-order valence-corrected chi connectivity index (χ1v) is 7.29. The molecule has 4 N–H and O–H groups in total. The number of anilines is 3. The lowest BCUT2D eigenvalue weighted by atomic mass is 10.1. The quantitative estimate of drug-likeness (QED) is 0.737. The van der Waals surface area contributed by atoms with Crippen molar-refractivity contribution in [3.8, 4) is 5.75 Å². The first kappa shape index (κ1) is 13.9. The van der Waals surface area contributed by atoms with E-state index in [2.05, 4.69) is 30.7 Å². The van der Waals surface area contributed by atoms with Crippen LogP contribution in [-0.2, 0) is 4.79 Å². The van der Waals surface area contributed by atoms with Crippen LogP contribution in [-0.4, -0.2) is 30.1 Å². The average molecular weight is 281 g/mol. The number of carbonyl (C=O) groups excluding carboxylic acids is 1. The molecular formula is C13H19N3O2S. The minimum atomic E-state index is -0.146. The van der Waals surface area contributed by atoms with Gasteiger partial charge in [-0.1, -0.05) is 0 Å². The molecule has 0 unspecified atom stereocenters. The lowest BCUT2D eigenvalue weighted by Crippen LogP contribution is -2.27. The number of hydrogen-bond donors (Lipinski definition) is 3. The van der Waals surface area contributed by atoms with Crippen LogP contribution < -0.4 is 21.1 Å². The van der Waals surface area contributed by atoms with Crippen LogP contribution in [0.2, 0.25) is 0 Å². The second-order valence-electron chi connectivity index (χ2n) is 5.09. The van der Waals surface area contributed by atoms with Gasteiger partial charge in [0.25, 0.3) is 5.91 Å². The minimum Gasteiger partial charge on any atom is -0.482 e. The molecule has 1 aromatic rings. The van der Waals surface area contributed by atoms with Crippen molar-refractivity contribution < 1.29 is 9.53 Å². The number of hydrogen-bond acceptors (Lipinski definition) is 5. The van der Waals surface area contributed by atoms with Gasteiger partial charge in [0.05, 0.1) is 17.1 Å². The van der Waals surface area contributed by atoms with Gasteiger partial charge in [-0.2, -0.15) is 11.8 Å². The topological polar surface area (TPSA) is 76.4 Å². The number of fused-ring (bicyclic) bond motifs is 1. The van der Waals surface area contributed by atoms with Crippen LogP contribution in [0.3, 0.4) is 0 Å². The third-order valence-corrected chi connectivity index (χ3v) is 4.29. The summed E-state index contributed by atoms with van der Waals surface area (Å²) in [6.07, 6.45) is 2.08. The molecule has 104 valence electrons. The molecule has 0 aliphatic carbocycles. The number of nitrogen functional groups attached to an aromatic ring is 1. The van der Waals surface area contributed by atoms with Crippen LogP contribution in [0.5, 0.6) is 5.75 Å². The minimum absolute atomic E-state index is 0.0404. The van der Waals surface area contributed by atoms with Gasteiger partial charge in [0, 0.05) is 17.4 Å². The second-order valence-corrected chi connectivity index (χ2v) is 6.60. The number of nitrogens with one attached hydrogen (secondary N) is 2. The fourth-order valence-electron chi connectivity index (χ4n) is 1.68. The zero-order valence-electron chi connectivity index (χ0n) is 11.4. The van der Waals surface area contributed by atoms with Crippen molar-refractivity contribution >= 4 is 34.7 Å². The Bertz CT molecular complexity index is 503. The zero-order chi connectivity index (χ0) is 14.0. The van der Waals surface area contributed by atoms with Crippen molar-refractivity contribution in [2.45, 2.75) is 18.6 Å². The number of carbonyl (C=O) groups is 1. The molecule has 2 rings (SSSR count). The summed E-state index contributed by atoms with van der Waals surface area (Å²) < 4.78 is 5.43. The van der Waals surface area contributed by atoms with Gasteiger partial charge in [-0.3, -0.25) is 4.79 Å². The number of rotatable bonds is 4. The lowest BCUT2D eigenvalue weighted by Gasteiger charge is -2.25. The maximum absolute atomic E-state index is 11.3. The largest absolute Gasteiger partial charge is 0.482 e. The highest BCUT2D eigenvalue weighted by Gasteiger charge is 2.20. The summed E-state index contributed by atoms with van der Waals surface area (Å²) in [5.74, 6) is 0.472. The van der Waals surface area contributed by atoms with Gasteiger partial charge < -0.3 is 21.1 Å². The SMILES string of the molecule is CSC(C)(C)CNc1cc2c(cc1N)OCC(=O)N2. The van der Waals surface area contributed by atoms with Gasteiger partial charge in [-0.25, -0.2) is 0 Å². The fraction of sp³-hybridized carbons (Fsp3) is 0.462. The van der Waals surface area contributed by atoms with Crippen LogP contribution in [0.25, 0.3) is 0 Å². The Morgan fingerprint density at radius 2 is 2.26 bits per heavy atom. The lowest BCUT2D eigenvalue weighted by molar-refractivity contribution is -0.118. The summed E-state index contributed by atoms with van der Waals surface area (Å²) >= 11 is 1.78. The van der Waals surface area contributed by atoms with Crippen molar-refractivity contribution in [2.75, 3.05) is 35.8 Å². The van der Waals surface area contributed by atoms with Crippen LogP contribution in [0, 0.1) is 0 Å². The third-order valence-electron chi connectivity index (χ3n) is 3.04. The van der Waals surface area contributed by atoms with E-state index in [1.54, 1.807) is 17.8 Å². The van der Waals surface area contributed by atoms with E-state index < -0.39 is 0 Å². The second kappa shape index (κ2) is 5.21. The van der Waals surface area contributed by atoms with Crippen LogP contribution in [0.4, 0.5) is 17.1 Å². The normalized spacial score (nSPS) is 14.4. The van der Waals surface area contributed by atoms with Crippen molar-refractivity contribution in [3.63, 3.8) is 0 Å². The molecule has 0 saturated carbocycles. The molecule has 1 amide bonds. The highest BCUT2D eigenvalue weighted by molar-refractivity contribution is 7.99. The number of nitrogens with two attached hydrogens (primary N) is 1. The van der Waals surface area contributed by atoms with E-state index in [0.29, 0.717) is 17.1 Å². The van der Waals surface area contributed by atoms with E-state index in [9.17, 15) is 4.79 Å². The maximum Gasteiger partial charge on any atom is 0.262 e. The van der Waals surface area contributed by atoms with Gasteiger partial charge >= 0.3 is 0 Å². The van der Waals surface area contributed by atoms with E-state index in [0.717, 1.165) is 12.2 Å². The van der Waals surface area contributed by atoms with Crippen molar-refractivity contribution in [3.05, 3.63) is 12.1 Å². The summed E-state index contributed by atoms with van der Waals surface area (Å²) in [5, 5.41) is 6.09. The number of thioether (sulfide) groups is 1. The molecule has 1 aromatic carbocycles. The Hall–Kier alpha value is -1.56. The Kier molecular flexibility index (Phi) is 3.80. The Labute approximate surface area is 117 Å². The predicted octanol–water partition coefficient (Wildman–Crippen LogP) is 2.15. The van der Waals surface area contributed by atoms with Gasteiger partial charge in [-0.15, -0.1) is 0 Å². The van der Waals surface area contributed by atoms with E-state index in [1.807, 2.05) is 6.07 Å². The number of benzene rings is 1. The number of amides is 1. The molecule has 5 nitrogen and oxygen atoms in total. The molecule has 1 aliphatic rings. The monoisotopic (exact) mass is 281 g/mol. The molecule has 0 spiro atoms. The molecule has 0 bridgehead atoms. The first-order chi connectivity index (χ1) is 8.91. The molecule has 1 aliphatic heterocycles. The Balaban J connectivity index is 2.18. The zero-order valence-corrected chi connectivity index (χ0v) is 12.2. The highest BCUT2D eigenvalue weighted by Crippen LogP contribution is 2.35. The molecule has 0 atom stereocenters. The van der Waals surface area contributed by atoms with Crippen LogP contribution in [0.15, 0.2) is 12.1 Å². The van der Waals surface area contributed by atoms with Gasteiger partial charge in [0.15, 0.2) is 6.61 Å². The van der Waals surface area contributed by atoms with Crippen LogP contribution in [0.1, 0.15) is 13.8 Å². The fourth-order valence-corrected chi connectivity index (χ4v) is 1.89. The summed E-state index contributed by atoms with van der Waals surface area (Å²) in [6.45, 7) is 5.14. The first-order valence-electron chi connectivity index (χ1n) is 6.06. The Morgan fingerprint density at radius 3 is 2.95 bits per heavy atom. The summed E-state index contributed by atoms with van der Waals surface area (Å²) in [7, 11) is 0. The van der Waals surface area contributed by atoms with E-state index in [1.165, 1.54) is 0 Å². The van der Waals surface area contributed by atoms with Crippen molar-refractivity contribution in [2.24, 2.45) is 0 Å². The van der Waals surface area contributed by atoms with Gasteiger partial charge in [0.1, 0.15) is 5.75 Å². The molecular weight excluding hydrogens is 262 g/mol. The van der Waals surface area contributed by atoms with E-state index >= 15 is 0 Å². The summed E-state index contributed by atoms with van der Waals surface area (Å²) in [6, 6.07) is 3.56. The summed E-state index contributed by atoms with van der Waals surface area (Å²) in [5.41, 5.74) is 8.08. The Morgan fingerprint density at radius 1 is 1.53 bits per heavy atom. The average Bonchev–Trinajstić information content (AvgIpc) is 2.37. The van der Waals surface area contributed by atoms with E-state index in [4.69, 9.17) is 10.5 Å². The van der Waals surface area contributed by atoms with Gasteiger partial charge in [0.2, 0.25) is 0 Å². The van der Waals surface area contributed by atoms with Crippen molar-refractivity contribution in [1.29, 1.82) is 0 Å². The smallest absolute Gasteiger partial charge is 0.262 e. The van der Waals surface area contributed by atoms with E-state index in [-0.39, 0.29) is 17.3 Å². The standard InChI is InChI=1S/C13H19N3O2S/c1-13(2,19-3)7-15-9-5-10-11(4-8(9)14)18-6-12(17)16-10/h4-5,15H,6-7,14H2,1-3H3,(H,16,17). The maximum atomic E-state index is 11.3. The van der Waals surface area contributed by atoms with Gasteiger partial charge in [-0.05, 0) is 26.2 Å². The van der Waals surface area contributed by atoms with Crippen molar-refractivity contribution in [1.82, 2.24) is 0 Å². The highest BCUT2D eigenvalue weighted by atomic mass is 32.2. The third kappa shape index (κ3) is 3.26. The molecule has 1 heterocycles. The molecule has 19 heavy (non-hydrogen) atoms. The molecule has 0 aromatic heterocycles. The molecule has 0 radical (unpaired) electrons. The summed E-state index contributed by atoms with van der Waals surface area (Å²) in [4.78, 5) is 11.3. The van der Waals surface area contributed by atoms with Crippen LogP contribution >= 0.6 is 11.8 Å². The predicted molar refractivity (Wildman–Crippen MR) is 81.1 cm³/mol.